The number of nitrogen functional groups attached to an aromatic ring is 1. The number of ether oxygens (including phenoxy) is 3. The Morgan fingerprint density at radius 2 is 1.58 bits per heavy atom. The van der Waals surface area contributed by atoms with Crippen molar-refractivity contribution in [2.24, 2.45) is 16.6 Å². The van der Waals surface area contributed by atoms with Crippen molar-refractivity contribution < 1.29 is 113 Å². The highest BCUT2D eigenvalue weighted by molar-refractivity contribution is 8.00. The van der Waals surface area contributed by atoms with Gasteiger partial charge in [-0.15, -0.1) is 11.8 Å². The van der Waals surface area contributed by atoms with E-state index in [-0.39, 0.29) is 63.6 Å². The Hall–Kier alpha value is -11.1. The minimum atomic E-state index is -2.41. The number of thioether (sulfide) groups is 1. The van der Waals surface area contributed by atoms with Crippen LogP contribution in [0.1, 0.15) is 117 Å². The molecule has 9 rings (SSSR count). The first-order valence-corrected chi connectivity index (χ1v) is 32.6. The maximum absolute atomic E-state index is 14.2. The number of aliphatic hydroxyl groups is 3. The molecule has 2 unspecified atom stereocenters. The van der Waals surface area contributed by atoms with Gasteiger partial charge in [0.15, 0.2) is 23.2 Å². The number of aromatic nitrogens is 4. The second-order valence-corrected chi connectivity index (χ2v) is 25.5. The van der Waals surface area contributed by atoms with Gasteiger partial charge in [-0.25, -0.2) is 25.0 Å². The van der Waals surface area contributed by atoms with Crippen LogP contribution in [0.3, 0.4) is 0 Å². The predicted octanol–water partition coefficient (Wildman–Crippen LogP) is -3.99. The molecule has 11 atom stereocenters. The Morgan fingerprint density at radius 3 is 2.25 bits per heavy atom. The fourth-order valence-corrected chi connectivity index (χ4v) is 13.0. The number of anilines is 2. The lowest BCUT2D eigenvalue weighted by atomic mass is 9.71. The molecule has 0 radical (unpaired) electrons. The standard InChI is InChI=1S/C63H71N15O24S/c1-24-49(85)30(64)14-43(101-24)102-36-18-63(99,17-29-45(36)53(89)47-46(51(29)87)50(86)28-4-3-5-35(100-2)44(28)52(47)88)38(22-79)76-77-40(81)12-13-78-41(82)16-37(59(78)94)103-23-34(61(97)98)73-57(92)33(15-42(83)84)72-56(91)31(65)21-68-39(80)11-10-32(60(95)96)71-55(90)25-6-8-26(9-7-25)67-19-27-20-69-54-48(70-27)58(93)75-62(66)74-54/h3-9,20,24,30-34,36-37,43,49,67,79,85,87,89,99H,10-19,21-23,64-65H2,1-2H3,(H,68,80)(H,71,90)(H,72,91)(H,73,92)(H,77,81)(H,83,84)(H,95,96)(H,97,98)(H3,66,69,74,75,93)/b76-38-/t24?,30-,31-,32+,33-,34-,36-,37?,43-,49-,63-/m0/s1. The number of nitrogens with two attached hydrogens (primary N) is 3. The molecule has 7 amide bonds. The van der Waals surface area contributed by atoms with E-state index in [1.165, 1.54) is 62.7 Å². The number of hydrazone groups is 1. The van der Waals surface area contributed by atoms with Crippen LogP contribution in [0.15, 0.2) is 58.6 Å². The summed E-state index contributed by atoms with van der Waals surface area (Å²) in [5.41, 5.74) is 14.9. The predicted molar refractivity (Wildman–Crippen MR) is 354 cm³/mol. The third-order valence-electron chi connectivity index (χ3n) is 17.2. The molecule has 2 aromatic heterocycles. The van der Waals surface area contributed by atoms with Crippen molar-refractivity contribution in [2.45, 2.75) is 130 Å². The Morgan fingerprint density at radius 1 is 0.883 bits per heavy atom. The van der Waals surface area contributed by atoms with Crippen LogP contribution < -0.4 is 59.5 Å². The summed E-state index contributed by atoms with van der Waals surface area (Å²) in [5.74, 6) is -16.0. The van der Waals surface area contributed by atoms with Crippen LogP contribution in [0, 0.1) is 0 Å². The average Bonchev–Trinajstić information content (AvgIpc) is 0.961. The molecule has 2 saturated heterocycles. The topological polar surface area (TPSA) is 632 Å². The van der Waals surface area contributed by atoms with Crippen LogP contribution >= 0.6 is 11.8 Å². The first-order valence-electron chi connectivity index (χ1n) is 31.5. The van der Waals surface area contributed by atoms with Crippen LogP contribution in [0.4, 0.5) is 11.6 Å². The van der Waals surface area contributed by atoms with Crippen molar-refractivity contribution in [2.75, 3.05) is 43.6 Å². The van der Waals surface area contributed by atoms with E-state index in [9.17, 15) is 103 Å². The highest BCUT2D eigenvalue weighted by atomic mass is 32.2. The number of aliphatic hydroxyl groups excluding tert-OH is 2. The number of carbonyl (C=O) groups excluding carboxylic acids is 9. The summed E-state index contributed by atoms with van der Waals surface area (Å²) in [6.07, 6.45) is -8.25. The first-order chi connectivity index (χ1) is 48.8. The lowest BCUT2D eigenvalue weighted by Gasteiger charge is -2.43. The smallest absolute Gasteiger partial charge is 0.327 e. The van der Waals surface area contributed by atoms with Gasteiger partial charge < -0.3 is 98.8 Å². The summed E-state index contributed by atoms with van der Waals surface area (Å²) < 4.78 is 17.4. The van der Waals surface area contributed by atoms with Gasteiger partial charge in [-0.3, -0.25) is 62.6 Å². The lowest BCUT2D eigenvalue weighted by Crippen LogP contribution is -2.57. The van der Waals surface area contributed by atoms with Gasteiger partial charge in [0.05, 0.1) is 84.5 Å². The summed E-state index contributed by atoms with van der Waals surface area (Å²) in [6.45, 7) is -0.727. The van der Waals surface area contributed by atoms with Crippen LogP contribution in [-0.2, 0) is 65.6 Å². The van der Waals surface area contributed by atoms with Gasteiger partial charge in [0.1, 0.15) is 47.0 Å². The number of benzene rings is 3. The summed E-state index contributed by atoms with van der Waals surface area (Å²) >= 11 is 0.596. The van der Waals surface area contributed by atoms with Crippen molar-refractivity contribution >= 4 is 111 Å². The van der Waals surface area contributed by atoms with Crippen molar-refractivity contribution in [3.05, 3.63) is 104 Å². The number of aromatic hydroxyl groups is 2. The fraction of sp³-hybridized carbons (Fsp3) is 0.413. The second-order valence-electron chi connectivity index (χ2n) is 24.3. The van der Waals surface area contributed by atoms with Gasteiger partial charge in [-0.2, -0.15) is 10.1 Å². The van der Waals surface area contributed by atoms with E-state index in [1.807, 2.05) is 0 Å². The van der Waals surface area contributed by atoms with Crippen LogP contribution in [0.2, 0.25) is 0 Å². The number of aliphatic carboxylic acids is 3. The maximum atomic E-state index is 14.2. The molecule has 3 aromatic carbocycles. The molecule has 21 N–H and O–H groups in total. The molecular formula is C63H71N15O24S. The van der Waals surface area contributed by atoms with Crippen molar-refractivity contribution in [1.29, 1.82) is 0 Å². The first kappa shape index (κ1) is 76.0. The summed E-state index contributed by atoms with van der Waals surface area (Å²) in [7, 11) is 1.26. The number of rotatable bonds is 30. The molecule has 39 nitrogen and oxygen atoms in total. The van der Waals surface area contributed by atoms with Gasteiger partial charge in [-0.05, 0) is 43.7 Å². The molecule has 0 spiro atoms. The molecule has 5 aromatic rings. The fourth-order valence-electron chi connectivity index (χ4n) is 11.8. The normalized spacial score (nSPS) is 21.2. The monoisotopic (exact) mass is 1450 g/mol. The number of carboxylic acids is 3. The van der Waals surface area contributed by atoms with E-state index >= 15 is 0 Å². The average molecular weight is 1450 g/mol. The number of nitrogens with zero attached hydrogens (tertiary/aromatic N) is 5. The molecule has 2 fully saturated rings. The Bertz CT molecular complexity index is 4340. The Labute approximate surface area is 584 Å². The molecule has 0 saturated carbocycles. The highest BCUT2D eigenvalue weighted by Crippen LogP contribution is 2.53. The number of likely N-dealkylation sites (tertiary alicyclic amines) is 1. The second kappa shape index (κ2) is 32.2. The number of ketones is 2. The number of H-pyrrole nitrogens is 1. The highest BCUT2D eigenvalue weighted by Gasteiger charge is 2.50. The molecule has 4 aliphatic rings. The van der Waals surface area contributed by atoms with Gasteiger partial charge in [0.2, 0.25) is 47.2 Å². The van der Waals surface area contributed by atoms with Gasteiger partial charge >= 0.3 is 17.9 Å². The zero-order valence-electron chi connectivity index (χ0n) is 54.6. The van der Waals surface area contributed by atoms with Gasteiger partial charge in [-0.1, -0.05) is 12.1 Å². The lowest BCUT2D eigenvalue weighted by molar-refractivity contribution is -0.245. The van der Waals surface area contributed by atoms with E-state index in [0.29, 0.717) is 28.0 Å². The quantitative estimate of drug-likeness (QED) is 0.00885. The van der Waals surface area contributed by atoms with E-state index in [1.54, 1.807) is 0 Å². The molecule has 2 aliphatic carbocycles. The van der Waals surface area contributed by atoms with E-state index in [0.717, 1.165) is 0 Å². The third-order valence-corrected chi connectivity index (χ3v) is 18.5. The number of methoxy groups -OCH3 is 1. The number of hydrogen-bond donors (Lipinski definition) is 18. The number of phenolic OH excluding ortho intramolecular Hbond substituents is 2. The zero-order valence-corrected chi connectivity index (χ0v) is 55.4. The minimum Gasteiger partial charge on any atom is -0.507 e. The number of aromatic amines is 1. The number of fused-ring (bicyclic) bond motifs is 4. The number of nitrogens with one attached hydrogen (secondary N) is 7. The largest absolute Gasteiger partial charge is 0.507 e. The molecule has 0 bridgehead atoms. The van der Waals surface area contributed by atoms with Crippen molar-refractivity contribution in [3.8, 4) is 17.2 Å². The van der Waals surface area contributed by atoms with Crippen LogP contribution in [0.5, 0.6) is 17.2 Å². The summed E-state index contributed by atoms with van der Waals surface area (Å²) in [5, 5.41) is 101. The van der Waals surface area contributed by atoms with Gasteiger partial charge in [0.25, 0.3) is 11.5 Å². The van der Waals surface area contributed by atoms with Crippen LogP contribution in [-0.4, -0.2) is 234 Å². The Kier molecular flexibility index (Phi) is 23.8. The molecule has 548 valence electrons. The molecule has 103 heavy (non-hydrogen) atoms. The molecular weight excluding hydrogens is 1380 g/mol. The molecule has 2 aliphatic heterocycles. The number of hydrogen-bond acceptors (Lipinski definition) is 30. The SMILES string of the molecule is COc1cccc2c1C(=O)c1c(O)c3c(c(O)c1C2=O)C[C@@](O)(/C(CO)=N\NC(=O)CCN1C(=O)CC(SC[C@H](NC(=O)[C@H](CC(=O)O)NC(=O)[C@@H](N)CNC(=O)CC[C@@H](NC(=O)c2ccc(NCc4cnc5nc(N)[nH]c(=O)c5n4)cc2)C(=O)O)C(=O)O)C1=O)C[C@@H]3O[C@H]1C[C@H](N)[C@@H](O)C(C)O1. The summed E-state index contributed by atoms with van der Waals surface area (Å²) in [4.78, 5) is 185. The number of amides is 7. The minimum absolute atomic E-state index is 0.0110. The third kappa shape index (κ3) is 17.3. The molecule has 40 heteroatoms. The summed E-state index contributed by atoms with van der Waals surface area (Å²) in [6, 6.07) is 1.90. The maximum Gasteiger partial charge on any atom is 0.327 e. The van der Waals surface area contributed by atoms with Crippen LogP contribution in [0.25, 0.3) is 11.2 Å². The van der Waals surface area contributed by atoms with Crippen molar-refractivity contribution in [1.82, 2.24) is 51.5 Å². The van der Waals surface area contributed by atoms with Gasteiger partial charge in [0, 0.05) is 91.4 Å². The molecule has 4 heterocycles. The van der Waals surface area contributed by atoms with Crippen molar-refractivity contribution in [3.63, 3.8) is 0 Å². The zero-order chi connectivity index (χ0) is 75.0. The number of imide groups is 1. The number of phenols is 2. The Balaban J connectivity index is 0.747. The van der Waals surface area contributed by atoms with E-state index < -0.39 is 241 Å². The van der Waals surface area contributed by atoms with E-state index in [4.69, 9.17) is 31.4 Å². The number of carboxylic acid groups (broad SMARTS) is 3. The number of carbonyl (C=O) groups is 12. The van der Waals surface area contributed by atoms with E-state index in [2.05, 4.69) is 57.0 Å².